The van der Waals surface area contributed by atoms with E-state index in [0.717, 1.165) is 13.0 Å². The van der Waals surface area contributed by atoms with Gasteiger partial charge in [-0.05, 0) is 32.0 Å². The van der Waals surface area contributed by atoms with Crippen molar-refractivity contribution in [2.24, 2.45) is 0 Å². The quantitative estimate of drug-likeness (QED) is 0.470. The van der Waals surface area contributed by atoms with E-state index in [2.05, 4.69) is 10.0 Å². The van der Waals surface area contributed by atoms with Gasteiger partial charge in [0.15, 0.2) is 0 Å². The van der Waals surface area contributed by atoms with Crippen LogP contribution in [0, 0.1) is 0 Å². The molecule has 8 heteroatoms. The molecule has 0 atom stereocenters. The van der Waals surface area contributed by atoms with Crippen LogP contribution in [-0.2, 0) is 16.6 Å². The van der Waals surface area contributed by atoms with Gasteiger partial charge in [-0.3, -0.25) is 0 Å². The standard InChI is InChI=1S/C12H22N2O5S/c1-3-6-13-7-10-4-5-11(19-10)20(17,18)14-12(2,8-15)9-16/h4-5,13-16H,3,6-9H2,1-2H3. The predicted octanol–water partition coefficient (Wildman–Crippen LogP) is -0.199. The fraction of sp³-hybridized carbons (Fsp3) is 0.667. The van der Waals surface area contributed by atoms with E-state index >= 15 is 0 Å². The van der Waals surface area contributed by atoms with E-state index in [4.69, 9.17) is 14.6 Å². The number of sulfonamides is 1. The molecular weight excluding hydrogens is 284 g/mol. The van der Waals surface area contributed by atoms with Gasteiger partial charge in [-0.25, -0.2) is 8.42 Å². The molecule has 7 nitrogen and oxygen atoms in total. The molecular formula is C12H22N2O5S. The molecule has 0 saturated heterocycles. The number of hydrogen-bond donors (Lipinski definition) is 4. The van der Waals surface area contributed by atoms with Gasteiger partial charge < -0.3 is 19.9 Å². The maximum absolute atomic E-state index is 12.1. The number of aliphatic hydroxyl groups excluding tert-OH is 2. The molecule has 0 aliphatic heterocycles. The molecule has 1 rings (SSSR count). The van der Waals surface area contributed by atoms with Crippen LogP contribution in [-0.4, -0.2) is 43.9 Å². The summed E-state index contributed by atoms with van der Waals surface area (Å²) in [6, 6.07) is 2.92. The van der Waals surface area contributed by atoms with Crippen LogP contribution < -0.4 is 10.0 Å². The van der Waals surface area contributed by atoms with E-state index in [1.54, 1.807) is 6.07 Å². The molecule has 0 saturated carbocycles. The van der Waals surface area contributed by atoms with Crippen LogP contribution in [0.4, 0.5) is 0 Å². The van der Waals surface area contributed by atoms with Crippen molar-refractivity contribution in [2.45, 2.75) is 37.4 Å². The lowest BCUT2D eigenvalue weighted by molar-refractivity contribution is 0.121. The van der Waals surface area contributed by atoms with Gasteiger partial charge in [-0.15, -0.1) is 0 Å². The highest BCUT2D eigenvalue weighted by molar-refractivity contribution is 7.89. The molecule has 0 bridgehead atoms. The van der Waals surface area contributed by atoms with Gasteiger partial charge in [0.2, 0.25) is 5.09 Å². The number of furan rings is 1. The van der Waals surface area contributed by atoms with Crippen LogP contribution in [0.25, 0.3) is 0 Å². The third-order valence-electron chi connectivity index (χ3n) is 2.71. The van der Waals surface area contributed by atoms with Gasteiger partial charge in [-0.1, -0.05) is 6.92 Å². The second-order valence-electron chi connectivity index (χ2n) is 4.88. The maximum Gasteiger partial charge on any atom is 0.274 e. The zero-order valence-electron chi connectivity index (χ0n) is 11.7. The van der Waals surface area contributed by atoms with Gasteiger partial charge in [0, 0.05) is 0 Å². The zero-order chi connectivity index (χ0) is 15.2. The molecule has 0 unspecified atom stereocenters. The van der Waals surface area contributed by atoms with E-state index in [9.17, 15) is 8.42 Å². The molecule has 0 fully saturated rings. The molecule has 0 amide bonds. The van der Waals surface area contributed by atoms with Crippen molar-refractivity contribution in [3.8, 4) is 0 Å². The molecule has 116 valence electrons. The summed E-state index contributed by atoms with van der Waals surface area (Å²) in [6.07, 6.45) is 0.971. The topological polar surface area (TPSA) is 112 Å². The lowest BCUT2D eigenvalue weighted by Gasteiger charge is -2.24. The van der Waals surface area contributed by atoms with Crippen molar-refractivity contribution < 1.29 is 23.0 Å². The lowest BCUT2D eigenvalue weighted by Crippen LogP contribution is -2.51. The van der Waals surface area contributed by atoms with E-state index < -0.39 is 28.8 Å². The summed E-state index contributed by atoms with van der Waals surface area (Å²) in [7, 11) is -3.92. The average molecular weight is 306 g/mol. The lowest BCUT2D eigenvalue weighted by atomic mass is 10.1. The summed E-state index contributed by atoms with van der Waals surface area (Å²) in [4.78, 5) is 0. The first kappa shape index (κ1) is 17.1. The van der Waals surface area contributed by atoms with E-state index in [1.807, 2.05) is 6.92 Å². The first-order valence-electron chi connectivity index (χ1n) is 6.42. The van der Waals surface area contributed by atoms with Gasteiger partial charge in [0.05, 0.1) is 25.3 Å². The minimum absolute atomic E-state index is 0.237. The molecule has 0 aromatic carbocycles. The Bertz CT molecular complexity index is 508. The molecule has 0 aliphatic rings. The Kier molecular flexibility index (Phi) is 6.15. The van der Waals surface area contributed by atoms with Gasteiger partial charge in [0.1, 0.15) is 5.76 Å². The molecule has 4 N–H and O–H groups in total. The smallest absolute Gasteiger partial charge is 0.274 e. The molecule has 1 heterocycles. The molecule has 0 radical (unpaired) electrons. The fourth-order valence-electron chi connectivity index (χ4n) is 1.48. The number of aliphatic hydroxyl groups is 2. The van der Waals surface area contributed by atoms with Crippen molar-refractivity contribution in [3.63, 3.8) is 0 Å². The van der Waals surface area contributed by atoms with Crippen molar-refractivity contribution in [3.05, 3.63) is 17.9 Å². The average Bonchev–Trinajstić information content (AvgIpc) is 2.88. The Labute approximate surface area is 119 Å². The summed E-state index contributed by atoms with van der Waals surface area (Å²) >= 11 is 0. The SMILES string of the molecule is CCCNCc1ccc(S(=O)(=O)NC(C)(CO)CO)o1. The van der Waals surface area contributed by atoms with Crippen LogP contribution in [0.15, 0.2) is 21.6 Å². The summed E-state index contributed by atoms with van der Waals surface area (Å²) in [6.45, 7) is 3.65. The Morgan fingerprint density at radius 1 is 1.30 bits per heavy atom. The van der Waals surface area contributed by atoms with Crippen LogP contribution in [0.2, 0.25) is 0 Å². The van der Waals surface area contributed by atoms with E-state index in [1.165, 1.54) is 13.0 Å². The Morgan fingerprint density at radius 2 is 1.95 bits per heavy atom. The Hall–Kier alpha value is -0.930. The largest absolute Gasteiger partial charge is 0.447 e. The number of rotatable bonds is 9. The van der Waals surface area contributed by atoms with E-state index in [-0.39, 0.29) is 5.09 Å². The van der Waals surface area contributed by atoms with Gasteiger partial charge in [0.25, 0.3) is 10.0 Å². The Morgan fingerprint density at radius 3 is 2.50 bits per heavy atom. The Balaban J connectivity index is 2.78. The molecule has 20 heavy (non-hydrogen) atoms. The van der Waals surface area contributed by atoms with Crippen LogP contribution in [0.1, 0.15) is 26.0 Å². The summed E-state index contributed by atoms with van der Waals surface area (Å²) in [5, 5.41) is 21.1. The van der Waals surface area contributed by atoms with Crippen molar-refractivity contribution in [2.75, 3.05) is 19.8 Å². The highest BCUT2D eigenvalue weighted by Crippen LogP contribution is 2.16. The first-order valence-corrected chi connectivity index (χ1v) is 7.90. The highest BCUT2D eigenvalue weighted by Gasteiger charge is 2.31. The van der Waals surface area contributed by atoms with Gasteiger partial charge >= 0.3 is 0 Å². The third kappa shape index (κ3) is 4.57. The van der Waals surface area contributed by atoms with Crippen molar-refractivity contribution in [1.29, 1.82) is 0 Å². The number of hydrogen-bond acceptors (Lipinski definition) is 6. The monoisotopic (exact) mass is 306 g/mol. The summed E-state index contributed by atoms with van der Waals surface area (Å²) in [5.41, 5.74) is -1.33. The van der Waals surface area contributed by atoms with Crippen molar-refractivity contribution >= 4 is 10.0 Å². The normalized spacial score (nSPS) is 12.8. The minimum atomic E-state index is -3.92. The molecule has 1 aromatic rings. The zero-order valence-corrected chi connectivity index (χ0v) is 12.5. The molecule has 0 spiro atoms. The molecule has 0 aliphatic carbocycles. The van der Waals surface area contributed by atoms with Crippen molar-refractivity contribution in [1.82, 2.24) is 10.0 Å². The summed E-state index contributed by atoms with van der Waals surface area (Å²) < 4.78 is 31.6. The molecule has 1 aromatic heterocycles. The predicted molar refractivity (Wildman–Crippen MR) is 73.6 cm³/mol. The van der Waals surface area contributed by atoms with Crippen LogP contribution in [0.3, 0.4) is 0 Å². The summed E-state index contributed by atoms with van der Waals surface area (Å²) in [5.74, 6) is 0.508. The first-order chi connectivity index (χ1) is 9.37. The second kappa shape index (κ2) is 7.19. The third-order valence-corrected chi connectivity index (χ3v) is 4.22. The van der Waals surface area contributed by atoms with Crippen LogP contribution >= 0.6 is 0 Å². The second-order valence-corrected chi connectivity index (χ2v) is 6.49. The maximum atomic E-state index is 12.1. The van der Waals surface area contributed by atoms with Gasteiger partial charge in [-0.2, -0.15) is 4.72 Å². The number of nitrogens with one attached hydrogen (secondary N) is 2. The van der Waals surface area contributed by atoms with E-state index in [0.29, 0.717) is 12.3 Å². The van der Waals surface area contributed by atoms with Crippen LogP contribution in [0.5, 0.6) is 0 Å². The minimum Gasteiger partial charge on any atom is -0.447 e. The fourth-order valence-corrected chi connectivity index (χ4v) is 2.82. The highest BCUT2D eigenvalue weighted by atomic mass is 32.2.